The highest BCUT2D eigenvalue weighted by Crippen LogP contribution is 2.07. The van der Waals surface area contributed by atoms with Gasteiger partial charge in [0.2, 0.25) is 0 Å². The van der Waals surface area contributed by atoms with Crippen LogP contribution in [0.25, 0.3) is 0 Å². The van der Waals surface area contributed by atoms with Crippen LogP contribution in [0.2, 0.25) is 0 Å². The molecule has 0 aliphatic carbocycles. The van der Waals surface area contributed by atoms with E-state index in [-0.39, 0.29) is 0 Å². The van der Waals surface area contributed by atoms with E-state index in [9.17, 15) is 4.79 Å². The molecule has 0 aliphatic rings. The Morgan fingerprint density at radius 1 is 1.44 bits per heavy atom. The summed E-state index contributed by atoms with van der Waals surface area (Å²) in [5.74, 6) is 2.10. The predicted octanol–water partition coefficient (Wildman–Crippen LogP) is 2.37. The van der Waals surface area contributed by atoms with Crippen LogP contribution < -0.4 is 0 Å². The van der Waals surface area contributed by atoms with Crippen LogP contribution in [0.3, 0.4) is 0 Å². The fraction of sp³-hybridized carbons (Fsp3) is 0.231. The molecule has 3 heteroatoms. The third-order valence-electron chi connectivity index (χ3n) is 1.90. The van der Waals surface area contributed by atoms with Crippen molar-refractivity contribution < 1.29 is 9.63 Å². The average Bonchev–Trinajstić information content (AvgIpc) is 2.30. The number of terminal acetylenes is 1. The van der Waals surface area contributed by atoms with Crippen molar-refractivity contribution in [2.45, 2.75) is 19.8 Å². The lowest BCUT2D eigenvalue weighted by Crippen LogP contribution is -2.03. The van der Waals surface area contributed by atoms with Gasteiger partial charge in [0.15, 0.2) is 0 Å². The van der Waals surface area contributed by atoms with Crippen LogP contribution >= 0.6 is 0 Å². The SMILES string of the molecule is C#CCC/C(=N/OC(C)=O)c1ccccc1. The van der Waals surface area contributed by atoms with Gasteiger partial charge in [-0.2, -0.15) is 0 Å². The molecule has 0 amide bonds. The number of hydrogen-bond acceptors (Lipinski definition) is 3. The van der Waals surface area contributed by atoms with Gasteiger partial charge in [0, 0.05) is 19.8 Å². The standard InChI is InChI=1S/C13H13NO2/c1-3-4-10-13(14-16-11(2)15)12-8-6-5-7-9-12/h1,5-9H,4,10H2,2H3/b14-13-. The third kappa shape index (κ3) is 3.97. The molecule has 16 heavy (non-hydrogen) atoms. The van der Waals surface area contributed by atoms with Crippen molar-refractivity contribution in [1.82, 2.24) is 0 Å². The van der Waals surface area contributed by atoms with E-state index in [2.05, 4.69) is 15.9 Å². The minimum Gasteiger partial charge on any atom is -0.318 e. The third-order valence-corrected chi connectivity index (χ3v) is 1.90. The first-order valence-electron chi connectivity index (χ1n) is 4.97. The minimum absolute atomic E-state index is 0.436. The van der Waals surface area contributed by atoms with Crippen LogP contribution in [0.15, 0.2) is 35.5 Å². The van der Waals surface area contributed by atoms with E-state index in [0.29, 0.717) is 18.6 Å². The lowest BCUT2D eigenvalue weighted by atomic mass is 10.1. The van der Waals surface area contributed by atoms with E-state index in [1.807, 2.05) is 30.3 Å². The summed E-state index contributed by atoms with van der Waals surface area (Å²) in [6.45, 7) is 1.31. The number of carbonyl (C=O) groups excluding carboxylic acids is 1. The Hall–Kier alpha value is -2.08. The maximum Gasteiger partial charge on any atom is 0.331 e. The molecule has 0 saturated carbocycles. The molecule has 3 nitrogen and oxygen atoms in total. The molecule has 0 saturated heterocycles. The second kappa shape index (κ2) is 6.41. The molecule has 82 valence electrons. The highest BCUT2D eigenvalue weighted by Gasteiger charge is 2.03. The first-order chi connectivity index (χ1) is 7.74. The van der Waals surface area contributed by atoms with E-state index < -0.39 is 5.97 Å². The van der Waals surface area contributed by atoms with Crippen LogP contribution in [-0.2, 0) is 9.63 Å². The summed E-state index contributed by atoms with van der Waals surface area (Å²) >= 11 is 0. The molecule has 0 bridgehead atoms. The summed E-state index contributed by atoms with van der Waals surface area (Å²) in [4.78, 5) is 15.3. The Bertz CT molecular complexity index is 415. The number of nitrogens with zero attached hydrogens (tertiary/aromatic N) is 1. The van der Waals surface area contributed by atoms with Crippen LogP contribution in [-0.4, -0.2) is 11.7 Å². The average molecular weight is 215 g/mol. The van der Waals surface area contributed by atoms with Gasteiger partial charge in [-0.3, -0.25) is 0 Å². The summed E-state index contributed by atoms with van der Waals surface area (Å²) in [6.07, 6.45) is 6.35. The molecule has 0 aromatic heterocycles. The van der Waals surface area contributed by atoms with Crippen LogP contribution in [0, 0.1) is 12.3 Å². The van der Waals surface area contributed by atoms with Gasteiger partial charge in [-0.15, -0.1) is 12.3 Å². The fourth-order valence-corrected chi connectivity index (χ4v) is 1.18. The van der Waals surface area contributed by atoms with Crippen molar-refractivity contribution in [2.75, 3.05) is 0 Å². The Labute approximate surface area is 95.1 Å². The second-order valence-electron chi connectivity index (χ2n) is 3.19. The summed E-state index contributed by atoms with van der Waals surface area (Å²) < 4.78 is 0. The van der Waals surface area contributed by atoms with Gasteiger partial charge in [-0.05, 0) is 5.56 Å². The zero-order valence-electron chi connectivity index (χ0n) is 9.14. The molecule has 1 aromatic carbocycles. The second-order valence-corrected chi connectivity index (χ2v) is 3.19. The normalized spacial score (nSPS) is 10.6. The molecule has 0 spiro atoms. The van der Waals surface area contributed by atoms with Gasteiger partial charge in [0.05, 0.1) is 5.71 Å². The van der Waals surface area contributed by atoms with E-state index in [1.54, 1.807) is 0 Å². The van der Waals surface area contributed by atoms with Crippen LogP contribution in [0.5, 0.6) is 0 Å². The number of rotatable bonds is 4. The van der Waals surface area contributed by atoms with Crippen molar-refractivity contribution in [3.05, 3.63) is 35.9 Å². The van der Waals surface area contributed by atoms with E-state index >= 15 is 0 Å². The number of hydrogen-bond donors (Lipinski definition) is 0. The fourth-order valence-electron chi connectivity index (χ4n) is 1.18. The van der Waals surface area contributed by atoms with Gasteiger partial charge in [0.1, 0.15) is 0 Å². The van der Waals surface area contributed by atoms with Gasteiger partial charge in [-0.25, -0.2) is 4.79 Å². The number of benzene rings is 1. The molecule has 0 heterocycles. The molecular weight excluding hydrogens is 202 g/mol. The highest BCUT2D eigenvalue weighted by atomic mass is 16.7. The number of carbonyl (C=O) groups is 1. The van der Waals surface area contributed by atoms with Gasteiger partial charge < -0.3 is 4.84 Å². The summed E-state index contributed by atoms with van der Waals surface area (Å²) in [5, 5.41) is 3.80. The lowest BCUT2D eigenvalue weighted by Gasteiger charge is -2.03. The molecule has 1 aromatic rings. The van der Waals surface area contributed by atoms with Crippen LogP contribution in [0.1, 0.15) is 25.3 Å². The quantitative estimate of drug-likeness (QED) is 0.335. The van der Waals surface area contributed by atoms with Crippen molar-refractivity contribution in [3.8, 4) is 12.3 Å². The largest absolute Gasteiger partial charge is 0.331 e. The van der Waals surface area contributed by atoms with Gasteiger partial charge in [0.25, 0.3) is 0 Å². The highest BCUT2D eigenvalue weighted by molar-refractivity contribution is 6.00. The molecule has 0 unspecified atom stereocenters. The minimum atomic E-state index is -0.436. The molecule has 0 atom stereocenters. The predicted molar refractivity (Wildman–Crippen MR) is 62.8 cm³/mol. The zero-order valence-corrected chi connectivity index (χ0v) is 9.14. The summed E-state index contributed by atoms with van der Waals surface area (Å²) in [5.41, 5.74) is 1.60. The smallest absolute Gasteiger partial charge is 0.318 e. The molecule has 1 rings (SSSR count). The molecule has 0 fully saturated rings. The Kier molecular flexibility index (Phi) is 4.81. The van der Waals surface area contributed by atoms with Crippen molar-refractivity contribution in [1.29, 1.82) is 0 Å². The van der Waals surface area contributed by atoms with Crippen LogP contribution in [0.4, 0.5) is 0 Å². The van der Waals surface area contributed by atoms with E-state index in [1.165, 1.54) is 6.92 Å². The molecular formula is C13H13NO2. The first-order valence-corrected chi connectivity index (χ1v) is 4.97. The summed E-state index contributed by atoms with van der Waals surface area (Å²) in [6, 6.07) is 9.51. The first kappa shape index (κ1) is 12.0. The molecule has 0 radical (unpaired) electrons. The number of oxime groups is 1. The van der Waals surface area contributed by atoms with Gasteiger partial charge in [-0.1, -0.05) is 35.5 Å². The Morgan fingerprint density at radius 3 is 2.69 bits per heavy atom. The van der Waals surface area contributed by atoms with Crippen molar-refractivity contribution in [3.63, 3.8) is 0 Å². The zero-order chi connectivity index (χ0) is 11.8. The Balaban J connectivity index is 2.83. The maximum atomic E-state index is 10.7. The monoisotopic (exact) mass is 215 g/mol. The Morgan fingerprint density at radius 2 is 2.12 bits per heavy atom. The maximum absolute atomic E-state index is 10.7. The summed E-state index contributed by atoms with van der Waals surface area (Å²) in [7, 11) is 0. The lowest BCUT2D eigenvalue weighted by molar-refractivity contribution is -0.140. The van der Waals surface area contributed by atoms with E-state index in [0.717, 1.165) is 5.56 Å². The van der Waals surface area contributed by atoms with Gasteiger partial charge >= 0.3 is 5.97 Å². The van der Waals surface area contributed by atoms with Crippen molar-refractivity contribution >= 4 is 11.7 Å². The molecule has 0 N–H and O–H groups in total. The van der Waals surface area contributed by atoms with E-state index in [4.69, 9.17) is 6.42 Å². The van der Waals surface area contributed by atoms with Crippen molar-refractivity contribution in [2.24, 2.45) is 5.16 Å². The topological polar surface area (TPSA) is 38.7 Å². The molecule has 0 aliphatic heterocycles.